The summed E-state index contributed by atoms with van der Waals surface area (Å²) in [7, 11) is 0. The molecule has 0 aliphatic heterocycles. The Bertz CT molecular complexity index is 13.5. The van der Waals surface area contributed by atoms with Crippen molar-refractivity contribution in [3.8, 4) is 0 Å². The third kappa shape index (κ3) is 25.0. The summed E-state index contributed by atoms with van der Waals surface area (Å²) in [5.41, 5.74) is 0. The zero-order chi connectivity index (χ0) is 2.00. The van der Waals surface area contributed by atoms with E-state index in [0.717, 1.165) is 0 Å². The molecule has 1 nitrogen and oxygen atoms in total. The first-order valence-corrected chi connectivity index (χ1v) is 0. The molecular formula is H6F2KOP. The van der Waals surface area contributed by atoms with Crippen LogP contribution in [-0.4, -0.2) is 6.93 Å². The van der Waals surface area contributed by atoms with E-state index in [1.807, 2.05) is 0 Å². The third-order valence-electron chi connectivity index (χ3n) is 0. The quantitative estimate of drug-likeness (QED) is 0.258. The molecule has 0 bridgehead atoms. The molecule has 1 atom stereocenters. The van der Waals surface area contributed by atoms with Gasteiger partial charge < -0.3 is 5.48 Å². The number of hydrogen-bond acceptors (Lipinski definition) is 1. The molecule has 0 saturated heterocycles. The molecule has 0 saturated carbocycles. The van der Waals surface area contributed by atoms with Crippen LogP contribution in [0, 0.1) is 0 Å². The Morgan fingerprint density at radius 3 is 1.20 bits per heavy atom. The summed E-state index contributed by atoms with van der Waals surface area (Å²) < 4.78 is 13.0. The molecular weight excluding hydrogens is 124 g/mol. The van der Waals surface area contributed by atoms with Gasteiger partial charge in [-0.2, -0.15) is 9.90 Å². The third-order valence-corrected chi connectivity index (χ3v) is 0. The van der Waals surface area contributed by atoms with Crippen LogP contribution in [0.15, 0.2) is 0 Å². The largest absolute Gasteiger partial charge is 1.00 e. The van der Waals surface area contributed by atoms with E-state index < -0.39 is 0 Å². The standard InChI is InChI=1S/2FH.K.H2O.H3P/h2*1H;;1H2;1H3/q;;+1;;/p-1/i/hT. The maximum absolute atomic E-state index is 8.75. The summed E-state index contributed by atoms with van der Waals surface area (Å²) in [4.78, 5) is 0. The first-order valence-electron chi connectivity index (χ1n) is 0.378. The molecule has 5 heteroatoms. The van der Waals surface area contributed by atoms with E-state index in [0.29, 0.717) is 0 Å². The first kappa shape index (κ1) is 28.6. The second-order valence-corrected chi connectivity index (χ2v) is 0. The molecule has 0 aromatic heterocycles. The molecule has 0 fully saturated rings. The van der Waals surface area contributed by atoms with Crippen molar-refractivity contribution in [2.75, 3.05) is 0 Å². The number of hydrogen-bond donors (Lipinski definition) is 0. The van der Waals surface area contributed by atoms with Crippen LogP contribution in [0.3, 0.4) is 0 Å². The van der Waals surface area contributed by atoms with Gasteiger partial charge in [-0.15, -0.1) is 0 Å². The zero-order valence-corrected chi connectivity index (χ0v) is 7.48. The van der Waals surface area contributed by atoms with Crippen LogP contribution >= 0.6 is 9.90 Å². The van der Waals surface area contributed by atoms with E-state index >= 15 is 0 Å². The maximum atomic E-state index is 8.75. The van der Waals surface area contributed by atoms with Crippen LogP contribution in [0.2, 0.25) is 0 Å². The van der Waals surface area contributed by atoms with E-state index in [2.05, 4.69) is 1.45 Å². The van der Waals surface area contributed by atoms with Crippen LogP contribution in [0.5, 0.6) is 0 Å². The number of halogens is 2. The zero-order valence-electron chi connectivity index (χ0n) is 3.94. The Morgan fingerprint density at radius 1 is 1.20 bits per heavy atom. The normalized spacial score (nSPS) is 1.40. The second kappa shape index (κ2) is 39.5. The summed E-state index contributed by atoms with van der Waals surface area (Å²) in [6.45, 7) is 0. The molecule has 0 amide bonds. The Balaban J connectivity index is -0.000000000833. The number of rotatable bonds is 0. The molecule has 0 spiro atoms. The summed E-state index contributed by atoms with van der Waals surface area (Å²) in [5, 5.41) is 0. The predicted octanol–water partition coefficient (Wildman–Crippen LogP) is -2.81. The van der Waals surface area contributed by atoms with Gasteiger partial charge in [-0.25, -0.2) is 0 Å². The average molecular weight is 132 g/mol. The topological polar surface area (TPSA) is 30.0 Å². The molecule has 0 aromatic carbocycles. The van der Waals surface area contributed by atoms with Gasteiger partial charge in [0.1, 0.15) is 0 Å². The summed E-state index contributed by atoms with van der Waals surface area (Å²) >= 11 is 0. The van der Waals surface area contributed by atoms with Crippen LogP contribution in [0.1, 0.15) is 0 Å². The van der Waals surface area contributed by atoms with Crippen molar-refractivity contribution in [3.63, 3.8) is 0 Å². The van der Waals surface area contributed by atoms with E-state index in [1.165, 1.54) is 0 Å². The van der Waals surface area contributed by atoms with Gasteiger partial charge in [-0.05, 0) is 0 Å². The van der Waals surface area contributed by atoms with E-state index in [1.54, 1.807) is 0 Å². The Labute approximate surface area is 76.5 Å². The summed E-state index contributed by atoms with van der Waals surface area (Å²) in [6.07, 6.45) is 0. The van der Waals surface area contributed by atoms with Gasteiger partial charge in [-0.1, -0.05) is 0 Å². The van der Waals surface area contributed by atoms with Crippen molar-refractivity contribution in [3.05, 3.63) is 0 Å². The van der Waals surface area contributed by atoms with Crippen LogP contribution in [0.25, 0.3) is 0 Å². The first-order chi connectivity index (χ1) is 1.00. The van der Waals surface area contributed by atoms with Gasteiger partial charge in [0.15, 0.2) is 0 Å². The Hall–Kier alpha value is 1.89. The van der Waals surface area contributed by atoms with Gasteiger partial charge in [0.2, 0.25) is 0 Å². The molecule has 1 N–H and O–H groups in total. The molecule has 0 rings (SSSR count). The monoisotopic (exact) mass is 132 g/mol. The SMILES string of the molecule is F.P.[3H]F.[K+].[OH-]. The van der Waals surface area contributed by atoms with Crippen LogP contribution in [0.4, 0.5) is 9.42 Å². The molecule has 5 heavy (non-hydrogen) atoms. The van der Waals surface area contributed by atoms with Gasteiger partial charge >= 0.3 is 51.4 Å². The predicted molar refractivity (Wildman–Crippen MR) is 18.0 cm³/mol. The van der Waals surface area contributed by atoms with Crippen molar-refractivity contribution in [2.24, 2.45) is 0 Å². The van der Waals surface area contributed by atoms with E-state index in [9.17, 15) is 0 Å². The van der Waals surface area contributed by atoms with Gasteiger partial charge in [0.05, 0.1) is 0 Å². The van der Waals surface area contributed by atoms with Gasteiger partial charge in [0, 0.05) is 0 Å². The fraction of sp³-hybridized carbons (Fsp3) is 0. The molecule has 1 unspecified atom stereocenters. The fourth-order valence-corrected chi connectivity index (χ4v) is 0. The minimum Gasteiger partial charge on any atom is -0.870 e. The molecule has 32 valence electrons. The molecule has 0 aromatic rings. The van der Waals surface area contributed by atoms with Crippen molar-refractivity contribution in [1.29, 1.82) is 1.45 Å². The van der Waals surface area contributed by atoms with Crippen LogP contribution in [-0.2, 0) is 0 Å². The molecule has 0 aliphatic carbocycles. The minimum absolute atomic E-state index is 0. The van der Waals surface area contributed by atoms with E-state index in [-0.39, 0.29) is 71.5 Å². The van der Waals surface area contributed by atoms with E-state index in [4.69, 9.17) is 4.72 Å². The fourth-order valence-electron chi connectivity index (χ4n) is 0. The Kier molecular flexibility index (Phi) is 226. The Morgan fingerprint density at radius 2 is 1.20 bits per heavy atom. The second-order valence-electron chi connectivity index (χ2n) is 0. The van der Waals surface area contributed by atoms with Gasteiger partial charge in [0.25, 0.3) is 1.45 Å². The average Bonchev–Trinajstić information content (AvgIpc) is 1.00. The van der Waals surface area contributed by atoms with Crippen LogP contribution < -0.4 is 51.4 Å². The van der Waals surface area contributed by atoms with Crippen molar-refractivity contribution in [1.82, 2.24) is 0 Å². The van der Waals surface area contributed by atoms with Crippen molar-refractivity contribution in [2.45, 2.75) is 0 Å². The van der Waals surface area contributed by atoms with Crippen molar-refractivity contribution >= 4 is 9.90 Å². The summed E-state index contributed by atoms with van der Waals surface area (Å²) in [5.74, 6) is 0. The maximum Gasteiger partial charge on any atom is 1.00 e. The minimum atomic E-state index is 0. The molecule has 0 radical (unpaired) electrons. The van der Waals surface area contributed by atoms with Crippen molar-refractivity contribution < 1.29 is 66.3 Å². The van der Waals surface area contributed by atoms with Gasteiger partial charge in [-0.3, -0.25) is 9.42 Å². The smallest absolute Gasteiger partial charge is 0.870 e. The molecule has 0 aliphatic rings. The summed E-state index contributed by atoms with van der Waals surface area (Å²) in [6, 6.07) is 0. The molecule has 0 heterocycles.